The van der Waals surface area contributed by atoms with Gasteiger partial charge in [0.1, 0.15) is 11.6 Å². The van der Waals surface area contributed by atoms with Crippen molar-refractivity contribution in [3.63, 3.8) is 0 Å². The first-order valence-electron chi connectivity index (χ1n) is 6.53. The van der Waals surface area contributed by atoms with E-state index >= 15 is 0 Å². The van der Waals surface area contributed by atoms with Crippen LogP contribution in [-0.4, -0.2) is 20.5 Å². The number of aryl methyl sites for hydroxylation is 1. The number of benzene rings is 1. The summed E-state index contributed by atoms with van der Waals surface area (Å²) in [6, 6.07) is 6.51. The molecule has 99 valence electrons. The molecule has 0 saturated carbocycles. The standard InChI is InChI=1S/C15H11FN3O/c16-11-4-2-1-3-10(11)12-7-8-13-17-15(18-19(12)13)14(20)9-5-6-9/h1-6,12H,7-8H2/t12-/m1/s1. The third-order valence-corrected chi connectivity index (χ3v) is 3.70. The Morgan fingerprint density at radius 1 is 1.35 bits per heavy atom. The number of carbonyl (C=O) groups excluding carboxylic acids is 1. The molecule has 0 unspecified atom stereocenters. The first-order valence-corrected chi connectivity index (χ1v) is 6.53. The molecule has 0 saturated heterocycles. The highest BCUT2D eigenvalue weighted by atomic mass is 19.1. The largest absolute Gasteiger partial charge is 0.285 e. The Morgan fingerprint density at radius 3 is 2.90 bits per heavy atom. The molecule has 1 aromatic heterocycles. The quantitative estimate of drug-likeness (QED) is 0.802. The number of allylic oxidation sites excluding steroid dienone is 2. The molecule has 0 fully saturated rings. The molecule has 1 atom stereocenters. The summed E-state index contributed by atoms with van der Waals surface area (Å²) >= 11 is 0. The molecule has 5 heteroatoms. The molecule has 4 nitrogen and oxygen atoms in total. The highest BCUT2D eigenvalue weighted by Crippen LogP contribution is 2.32. The third kappa shape index (κ3) is 1.70. The molecule has 2 aliphatic rings. The Morgan fingerprint density at radius 2 is 2.15 bits per heavy atom. The van der Waals surface area contributed by atoms with Crippen LogP contribution in [0.5, 0.6) is 0 Å². The van der Waals surface area contributed by atoms with Crippen molar-refractivity contribution in [3.8, 4) is 0 Å². The molecular formula is C15H11FN3O. The number of rotatable bonds is 3. The van der Waals surface area contributed by atoms with Gasteiger partial charge in [-0.05, 0) is 12.5 Å². The van der Waals surface area contributed by atoms with E-state index in [1.54, 1.807) is 29.3 Å². The molecule has 0 bridgehead atoms. The van der Waals surface area contributed by atoms with Crippen LogP contribution in [0, 0.1) is 12.2 Å². The van der Waals surface area contributed by atoms with E-state index in [1.807, 2.05) is 6.07 Å². The van der Waals surface area contributed by atoms with Gasteiger partial charge in [0.05, 0.1) is 6.04 Å². The molecule has 0 N–H and O–H groups in total. The first kappa shape index (κ1) is 11.5. The van der Waals surface area contributed by atoms with Crippen molar-refractivity contribution in [3.05, 3.63) is 65.4 Å². The number of aromatic nitrogens is 3. The molecule has 1 aliphatic carbocycles. The van der Waals surface area contributed by atoms with E-state index in [2.05, 4.69) is 10.1 Å². The minimum absolute atomic E-state index is 0.154. The third-order valence-electron chi connectivity index (χ3n) is 3.70. The minimum atomic E-state index is -0.244. The van der Waals surface area contributed by atoms with Gasteiger partial charge in [-0.25, -0.2) is 14.1 Å². The maximum absolute atomic E-state index is 13.9. The van der Waals surface area contributed by atoms with Crippen molar-refractivity contribution in [2.45, 2.75) is 18.9 Å². The molecule has 1 aliphatic heterocycles. The van der Waals surface area contributed by atoms with Crippen LogP contribution in [0.3, 0.4) is 0 Å². The van der Waals surface area contributed by atoms with E-state index in [0.29, 0.717) is 17.6 Å². The van der Waals surface area contributed by atoms with Gasteiger partial charge in [0.2, 0.25) is 11.6 Å². The molecule has 1 radical (unpaired) electrons. The van der Waals surface area contributed by atoms with Gasteiger partial charge >= 0.3 is 0 Å². The van der Waals surface area contributed by atoms with Crippen LogP contribution >= 0.6 is 0 Å². The van der Waals surface area contributed by atoms with Gasteiger partial charge in [-0.15, -0.1) is 5.10 Å². The lowest BCUT2D eigenvalue weighted by Gasteiger charge is -2.12. The zero-order valence-electron chi connectivity index (χ0n) is 10.6. The average Bonchev–Trinajstić information content (AvgIpc) is 3.09. The minimum Gasteiger partial charge on any atom is -0.285 e. The number of fused-ring (bicyclic) bond motifs is 1. The fourth-order valence-electron chi connectivity index (χ4n) is 2.61. The van der Waals surface area contributed by atoms with E-state index in [-0.39, 0.29) is 23.5 Å². The van der Waals surface area contributed by atoms with Crippen LogP contribution in [-0.2, 0) is 6.42 Å². The molecule has 0 amide bonds. The zero-order valence-corrected chi connectivity index (χ0v) is 10.6. The Hall–Kier alpha value is -2.30. The number of carbonyl (C=O) groups is 1. The summed E-state index contributed by atoms with van der Waals surface area (Å²) in [5.74, 6) is 0.565. The summed E-state index contributed by atoms with van der Waals surface area (Å²) in [6.07, 6.45) is 4.95. The van der Waals surface area contributed by atoms with Crippen molar-refractivity contribution in [1.29, 1.82) is 0 Å². The van der Waals surface area contributed by atoms with Crippen LogP contribution < -0.4 is 0 Å². The Bertz CT molecular complexity index is 747. The van der Waals surface area contributed by atoms with Crippen molar-refractivity contribution < 1.29 is 9.18 Å². The summed E-state index contributed by atoms with van der Waals surface area (Å²) < 4.78 is 15.6. The van der Waals surface area contributed by atoms with Crippen LogP contribution in [0.4, 0.5) is 4.39 Å². The second-order valence-corrected chi connectivity index (χ2v) is 4.99. The van der Waals surface area contributed by atoms with Gasteiger partial charge in [-0.1, -0.05) is 24.3 Å². The second kappa shape index (κ2) is 4.10. The maximum Gasteiger partial charge on any atom is 0.228 e. The molecule has 2 aromatic rings. The maximum atomic E-state index is 13.9. The van der Waals surface area contributed by atoms with Gasteiger partial charge in [-0.2, -0.15) is 0 Å². The van der Waals surface area contributed by atoms with Gasteiger partial charge in [0.25, 0.3) is 0 Å². The smallest absolute Gasteiger partial charge is 0.228 e. The monoisotopic (exact) mass is 268 g/mol. The predicted octanol–water partition coefficient (Wildman–Crippen LogP) is 2.28. The number of hydrogen-bond donors (Lipinski definition) is 0. The van der Waals surface area contributed by atoms with Crippen molar-refractivity contribution in [1.82, 2.24) is 14.8 Å². The number of nitrogens with zero attached hydrogens (tertiary/aromatic N) is 3. The van der Waals surface area contributed by atoms with Crippen LogP contribution in [0.2, 0.25) is 0 Å². The summed E-state index contributed by atoms with van der Waals surface area (Å²) in [5, 5.41) is 4.28. The summed E-state index contributed by atoms with van der Waals surface area (Å²) in [6.45, 7) is 0. The van der Waals surface area contributed by atoms with E-state index in [1.165, 1.54) is 6.07 Å². The van der Waals surface area contributed by atoms with Crippen LogP contribution in [0.25, 0.3) is 0 Å². The number of halogens is 1. The summed E-state index contributed by atoms with van der Waals surface area (Å²) in [4.78, 5) is 16.2. The first-order chi connectivity index (χ1) is 9.74. The Labute approximate surface area is 114 Å². The Kier molecular flexibility index (Phi) is 2.36. The molecule has 20 heavy (non-hydrogen) atoms. The van der Waals surface area contributed by atoms with Crippen LogP contribution in [0.15, 0.2) is 35.9 Å². The number of ketones is 1. The van der Waals surface area contributed by atoms with Gasteiger partial charge < -0.3 is 0 Å². The molecule has 0 spiro atoms. The van der Waals surface area contributed by atoms with Gasteiger partial charge in [-0.3, -0.25) is 4.79 Å². The van der Waals surface area contributed by atoms with Gasteiger partial charge in [0, 0.05) is 24.0 Å². The normalized spacial score (nSPS) is 19.6. The van der Waals surface area contributed by atoms with Crippen LogP contribution in [0.1, 0.15) is 34.5 Å². The Balaban J connectivity index is 1.73. The summed E-state index contributed by atoms with van der Waals surface area (Å²) in [7, 11) is 0. The molecule has 1 aromatic carbocycles. The highest BCUT2D eigenvalue weighted by Gasteiger charge is 2.31. The highest BCUT2D eigenvalue weighted by molar-refractivity contribution is 6.11. The topological polar surface area (TPSA) is 47.8 Å². The van der Waals surface area contributed by atoms with Crippen molar-refractivity contribution >= 4 is 5.78 Å². The van der Waals surface area contributed by atoms with Gasteiger partial charge in [0.15, 0.2) is 0 Å². The number of hydrogen-bond acceptors (Lipinski definition) is 3. The van der Waals surface area contributed by atoms with E-state index in [9.17, 15) is 9.18 Å². The number of Topliss-reactive ketones (excluding diaryl/α,β-unsaturated/α-hetero) is 1. The molecular weight excluding hydrogens is 257 g/mol. The lowest BCUT2D eigenvalue weighted by Crippen LogP contribution is -2.11. The zero-order chi connectivity index (χ0) is 13.7. The SMILES string of the molecule is O=C(C1=C[CH]1)c1nc2n(n1)[C@@H](c1ccccc1F)CC2. The predicted molar refractivity (Wildman–Crippen MR) is 69.6 cm³/mol. The average molecular weight is 268 g/mol. The lowest BCUT2D eigenvalue weighted by atomic mass is 10.0. The molecule has 4 rings (SSSR count). The van der Waals surface area contributed by atoms with E-state index in [4.69, 9.17) is 0 Å². The fraction of sp³-hybridized carbons (Fsp3) is 0.200. The van der Waals surface area contributed by atoms with E-state index < -0.39 is 0 Å². The summed E-state index contributed by atoms with van der Waals surface area (Å²) in [5.41, 5.74) is 1.25. The van der Waals surface area contributed by atoms with E-state index in [0.717, 1.165) is 12.2 Å². The van der Waals surface area contributed by atoms with Crippen molar-refractivity contribution in [2.75, 3.05) is 0 Å². The molecule has 2 heterocycles. The van der Waals surface area contributed by atoms with Crippen molar-refractivity contribution in [2.24, 2.45) is 0 Å². The fourth-order valence-corrected chi connectivity index (χ4v) is 2.61. The second-order valence-electron chi connectivity index (χ2n) is 4.99. The lowest BCUT2D eigenvalue weighted by molar-refractivity contribution is 0.103.